The Balaban J connectivity index is 1.82. The summed E-state index contributed by atoms with van der Waals surface area (Å²) in [6.45, 7) is 4.05. The fraction of sp³-hybridized carbons (Fsp3) is 0.125. The van der Waals surface area contributed by atoms with Crippen molar-refractivity contribution in [2.45, 2.75) is 20.3 Å². The average molecular weight is 357 g/mol. The molecule has 0 unspecified atom stereocenters. The molecule has 3 aromatic carbocycles. The Morgan fingerprint density at radius 3 is 2.07 bits per heavy atom. The van der Waals surface area contributed by atoms with E-state index in [9.17, 15) is 0 Å². The molecule has 0 aliphatic carbocycles. The van der Waals surface area contributed by atoms with Gasteiger partial charge in [0.1, 0.15) is 11.5 Å². The third kappa shape index (κ3) is 5.58. The predicted octanol–water partition coefficient (Wildman–Crippen LogP) is 6.34. The Kier molecular flexibility index (Phi) is 6.42. The van der Waals surface area contributed by atoms with Gasteiger partial charge in [0, 0.05) is 5.57 Å². The Bertz CT molecular complexity index is 898. The van der Waals surface area contributed by atoms with Gasteiger partial charge in [-0.2, -0.15) is 0 Å². The van der Waals surface area contributed by atoms with Crippen LogP contribution < -0.4 is 9.47 Å². The standard InChI is InChI=1S/C24H23NO2/c1-3-20-14-16-22(17-15-20)26-18-19(2)24(25-21-10-6-4-7-11-21)27-23-12-8-5-9-13-23/h4-18H,3H2,1-2H3/b19-18+,25-24?. The molecule has 0 aliphatic heterocycles. The van der Waals surface area contributed by atoms with Gasteiger partial charge in [-0.1, -0.05) is 55.5 Å². The second-order valence-electron chi connectivity index (χ2n) is 6.08. The van der Waals surface area contributed by atoms with Crippen molar-refractivity contribution >= 4 is 11.6 Å². The van der Waals surface area contributed by atoms with Crippen molar-refractivity contribution in [1.82, 2.24) is 0 Å². The molecule has 3 heteroatoms. The van der Waals surface area contributed by atoms with Crippen LogP contribution >= 0.6 is 0 Å². The maximum absolute atomic E-state index is 6.01. The van der Waals surface area contributed by atoms with Crippen molar-refractivity contribution < 1.29 is 9.47 Å². The molecule has 0 atom stereocenters. The molecule has 0 saturated carbocycles. The first-order valence-corrected chi connectivity index (χ1v) is 9.04. The SMILES string of the molecule is CCc1ccc(O/C=C(\C)C(=Nc2ccccc2)Oc2ccccc2)cc1. The molecule has 0 amide bonds. The highest BCUT2D eigenvalue weighted by atomic mass is 16.5. The van der Waals surface area contributed by atoms with E-state index in [1.807, 2.05) is 79.7 Å². The molecule has 3 nitrogen and oxygen atoms in total. The topological polar surface area (TPSA) is 30.8 Å². The van der Waals surface area contributed by atoms with Gasteiger partial charge in [0.25, 0.3) is 0 Å². The minimum Gasteiger partial charge on any atom is -0.465 e. The van der Waals surface area contributed by atoms with Gasteiger partial charge in [-0.25, -0.2) is 4.99 Å². The Hall–Kier alpha value is -3.33. The van der Waals surface area contributed by atoms with E-state index < -0.39 is 0 Å². The lowest BCUT2D eigenvalue weighted by molar-refractivity contribution is 0.473. The van der Waals surface area contributed by atoms with Crippen molar-refractivity contribution in [3.05, 3.63) is 102 Å². The van der Waals surface area contributed by atoms with Gasteiger partial charge in [-0.15, -0.1) is 0 Å². The molecule has 27 heavy (non-hydrogen) atoms. The van der Waals surface area contributed by atoms with E-state index in [-0.39, 0.29) is 0 Å². The first kappa shape index (κ1) is 18.5. The zero-order chi connectivity index (χ0) is 18.9. The van der Waals surface area contributed by atoms with Crippen LogP contribution in [-0.4, -0.2) is 5.90 Å². The maximum Gasteiger partial charge on any atom is 0.225 e. The van der Waals surface area contributed by atoms with Crippen LogP contribution in [0.25, 0.3) is 0 Å². The number of aryl methyl sites for hydroxylation is 1. The van der Waals surface area contributed by atoms with Crippen LogP contribution in [0.15, 0.2) is 102 Å². The number of rotatable bonds is 6. The fourth-order valence-electron chi connectivity index (χ4n) is 2.42. The molecule has 3 aromatic rings. The summed E-state index contributed by atoms with van der Waals surface area (Å²) >= 11 is 0. The minimum absolute atomic E-state index is 0.498. The first-order chi connectivity index (χ1) is 13.2. The number of hydrogen-bond donors (Lipinski definition) is 0. The number of aliphatic imine (C=N–C) groups is 1. The van der Waals surface area contributed by atoms with E-state index in [1.54, 1.807) is 6.26 Å². The van der Waals surface area contributed by atoms with Gasteiger partial charge in [-0.3, -0.25) is 0 Å². The van der Waals surface area contributed by atoms with Crippen molar-refractivity contribution in [3.8, 4) is 11.5 Å². The van der Waals surface area contributed by atoms with Crippen molar-refractivity contribution in [3.63, 3.8) is 0 Å². The molecule has 0 saturated heterocycles. The van der Waals surface area contributed by atoms with Gasteiger partial charge in [0.15, 0.2) is 0 Å². The van der Waals surface area contributed by atoms with Crippen LogP contribution in [0.3, 0.4) is 0 Å². The molecule has 0 bridgehead atoms. The molecule has 0 fully saturated rings. The summed E-state index contributed by atoms with van der Waals surface area (Å²) in [5.41, 5.74) is 2.90. The molecule has 0 aromatic heterocycles. The monoisotopic (exact) mass is 357 g/mol. The summed E-state index contributed by atoms with van der Waals surface area (Å²) in [6, 6.07) is 27.4. The van der Waals surface area contributed by atoms with Crippen LogP contribution in [0, 0.1) is 0 Å². The minimum atomic E-state index is 0.498. The normalized spacial score (nSPS) is 11.9. The Morgan fingerprint density at radius 1 is 0.815 bits per heavy atom. The van der Waals surface area contributed by atoms with Crippen molar-refractivity contribution in [1.29, 1.82) is 0 Å². The molecule has 0 heterocycles. The Labute approximate surface area is 160 Å². The number of hydrogen-bond acceptors (Lipinski definition) is 3. The summed E-state index contributed by atoms with van der Waals surface area (Å²) in [6.07, 6.45) is 2.68. The molecule has 0 aliphatic rings. The van der Waals surface area contributed by atoms with E-state index in [2.05, 4.69) is 24.0 Å². The van der Waals surface area contributed by atoms with Gasteiger partial charge < -0.3 is 9.47 Å². The average Bonchev–Trinajstić information content (AvgIpc) is 2.73. The predicted molar refractivity (Wildman–Crippen MR) is 111 cm³/mol. The lowest BCUT2D eigenvalue weighted by atomic mass is 10.2. The second kappa shape index (κ2) is 9.39. The first-order valence-electron chi connectivity index (χ1n) is 9.04. The lowest BCUT2D eigenvalue weighted by Gasteiger charge is -2.10. The molecular weight excluding hydrogens is 334 g/mol. The summed E-state index contributed by atoms with van der Waals surface area (Å²) in [7, 11) is 0. The molecule has 3 rings (SSSR count). The van der Waals surface area contributed by atoms with Gasteiger partial charge >= 0.3 is 0 Å². The third-order valence-corrected chi connectivity index (χ3v) is 3.99. The number of para-hydroxylation sites is 2. The van der Waals surface area contributed by atoms with Crippen LogP contribution in [0.2, 0.25) is 0 Å². The summed E-state index contributed by atoms with van der Waals surface area (Å²) in [5.74, 6) is 2.01. The highest BCUT2D eigenvalue weighted by molar-refractivity contribution is 5.96. The number of benzene rings is 3. The van der Waals surface area contributed by atoms with Crippen LogP contribution in [0.1, 0.15) is 19.4 Å². The molecule has 0 radical (unpaired) electrons. The smallest absolute Gasteiger partial charge is 0.225 e. The van der Waals surface area contributed by atoms with Crippen LogP contribution in [0.5, 0.6) is 11.5 Å². The zero-order valence-electron chi connectivity index (χ0n) is 15.6. The third-order valence-electron chi connectivity index (χ3n) is 3.99. The summed E-state index contributed by atoms with van der Waals surface area (Å²) in [4.78, 5) is 4.64. The quantitative estimate of drug-likeness (QED) is 0.293. The van der Waals surface area contributed by atoms with Crippen molar-refractivity contribution in [2.24, 2.45) is 4.99 Å². The van der Waals surface area contributed by atoms with Gasteiger partial charge in [0.2, 0.25) is 5.90 Å². The van der Waals surface area contributed by atoms with Crippen molar-refractivity contribution in [2.75, 3.05) is 0 Å². The maximum atomic E-state index is 6.01. The Morgan fingerprint density at radius 2 is 1.44 bits per heavy atom. The van der Waals surface area contributed by atoms with Crippen LogP contribution in [0.4, 0.5) is 5.69 Å². The lowest BCUT2D eigenvalue weighted by Crippen LogP contribution is -2.10. The van der Waals surface area contributed by atoms with E-state index >= 15 is 0 Å². The molecule has 0 N–H and O–H groups in total. The van der Waals surface area contributed by atoms with E-state index in [4.69, 9.17) is 9.47 Å². The zero-order valence-corrected chi connectivity index (χ0v) is 15.6. The second-order valence-corrected chi connectivity index (χ2v) is 6.08. The van der Waals surface area contributed by atoms with Crippen LogP contribution in [-0.2, 0) is 6.42 Å². The number of ether oxygens (including phenoxy) is 2. The molecular formula is C24H23NO2. The van der Waals surface area contributed by atoms with Gasteiger partial charge in [-0.05, 0) is 55.3 Å². The molecule has 0 spiro atoms. The van der Waals surface area contributed by atoms with E-state index in [0.717, 1.165) is 29.2 Å². The highest BCUT2D eigenvalue weighted by Crippen LogP contribution is 2.18. The molecule has 136 valence electrons. The summed E-state index contributed by atoms with van der Waals surface area (Å²) in [5, 5.41) is 0. The number of nitrogens with zero attached hydrogens (tertiary/aromatic N) is 1. The van der Waals surface area contributed by atoms with Gasteiger partial charge in [0.05, 0.1) is 11.9 Å². The highest BCUT2D eigenvalue weighted by Gasteiger charge is 2.07. The van der Waals surface area contributed by atoms with E-state index in [1.165, 1.54) is 5.56 Å². The fourth-order valence-corrected chi connectivity index (χ4v) is 2.42. The van der Waals surface area contributed by atoms with E-state index in [0.29, 0.717) is 5.90 Å². The largest absolute Gasteiger partial charge is 0.465 e. The summed E-state index contributed by atoms with van der Waals surface area (Å²) < 4.78 is 11.8.